The standard InChI is InChI=1S/C25H27FN6O4/c1-16(23(34)30-20-13-29-22(14-27-20)36-19-7-5-18(26)6-8-19)31-10-11-32(25(2,3)15-31)24(35)17-4-9-21(33)28-12-17/h4-9,12-14,16H,10-11,15H2,1-3H3,(H,28,33)(H,27,30,34). The first-order chi connectivity index (χ1) is 17.1. The molecule has 1 saturated heterocycles. The Labute approximate surface area is 207 Å². The molecule has 3 aromatic rings. The molecule has 2 amide bonds. The van der Waals surface area contributed by atoms with E-state index in [9.17, 15) is 18.8 Å². The number of carbonyl (C=O) groups is 2. The minimum Gasteiger partial charge on any atom is -0.438 e. The summed E-state index contributed by atoms with van der Waals surface area (Å²) in [6, 6.07) is 7.86. The Morgan fingerprint density at radius 1 is 1.11 bits per heavy atom. The second-order valence-corrected chi connectivity index (χ2v) is 9.14. The summed E-state index contributed by atoms with van der Waals surface area (Å²) in [5.74, 6) is 0.0868. The van der Waals surface area contributed by atoms with Gasteiger partial charge in [0.1, 0.15) is 11.6 Å². The number of benzene rings is 1. The lowest BCUT2D eigenvalue weighted by molar-refractivity contribution is -0.122. The van der Waals surface area contributed by atoms with Crippen molar-refractivity contribution in [3.63, 3.8) is 0 Å². The van der Waals surface area contributed by atoms with E-state index in [1.165, 1.54) is 55.0 Å². The molecule has 3 heterocycles. The molecule has 10 nitrogen and oxygen atoms in total. The van der Waals surface area contributed by atoms with E-state index in [2.05, 4.69) is 20.3 Å². The van der Waals surface area contributed by atoms with Crippen LogP contribution in [0.15, 0.2) is 59.8 Å². The molecule has 4 rings (SSSR count). The summed E-state index contributed by atoms with van der Waals surface area (Å²) in [5.41, 5.74) is -0.401. The lowest BCUT2D eigenvalue weighted by Crippen LogP contribution is -2.63. The van der Waals surface area contributed by atoms with Crippen LogP contribution in [0.4, 0.5) is 10.2 Å². The zero-order chi connectivity index (χ0) is 25.9. The number of nitrogens with one attached hydrogen (secondary N) is 2. The zero-order valence-electron chi connectivity index (χ0n) is 20.2. The summed E-state index contributed by atoms with van der Waals surface area (Å²) in [7, 11) is 0. The highest BCUT2D eigenvalue weighted by molar-refractivity contribution is 5.95. The van der Waals surface area contributed by atoms with Crippen LogP contribution in [-0.2, 0) is 4.79 Å². The van der Waals surface area contributed by atoms with Gasteiger partial charge in [-0.3, -0.25) is 19.3 Å². The SMILES string of the molecule is CC(C(=O)Nc1cnc(Oc2ccc(F)cc2)cn1)N1CCN(C(=O)c2ccc(=O)[nH]c2)C(C)(C)C1. The number of aromatic amines is 1. The third kappa shape index (κ3) is 5.74. The van der Waals surface area contributed by atoms with E-state index >= 15 is 0 Å². The fourth-order valence-corrected chi connectivity index (χ4v) is 4.05. The molecular formula is C25H27FN6O4. The number of ether oxygens (including phenoxy) is 1. The highest BCUT2D eigenvalue weighted by Crippen LogP contribution is 2.25. The molecule has 1 aromatic carbocycles. The Bertz CT molecular complexity index is 1270. The molecule has 1 aliphatic heterocycles. The van der Waals surface area contributed by atoms with E-state index in [0.717, 1.165) is 0 Å². The Morgan fingerprint density at radius 2 is 1.86 bits per heavy atom. The first-order valence-corrected chi connectivity index (χ1v) is 11.4. The zero-order valence-corrected chi connectivity index (χ0v) is 20.2. The molecule has 0 spiro atoms. The van der Waals surface area contributed by atoms with Crippen molar-refractivity contribution in [1.29, 1.82) is 0 Å². The number of carbonyl (C=O) groups excluding carboxylic acids is 2. The maximum atomic E-state index is 13.0. The number of amides is 2. The summed E-state index contributed by atoms with van der Waals surface area (Å²) in [4.78, 5) is 51.8. The summed E-state index contributed by atoms with van der Waals surface area (Å²) >= 11 is 0. The van der Waals surface area contributed by atoms with Gasteiger partial charge in [0.05, 0.1) is 29.5 Å². The van der Waals surface area contributed by atoms with Gasteiger partial charge in [-0.2, -0.15) is 0 Å². The van der Waals surface area contributed by atoms with Crippen LogP contribution < -0.4 is 15.6 Å². The van der Waals surface area contributed by atoms with Crippen LogP contribution in [0.25, 0.3) is 0 Å². The topological polar surface area (TPSA) is 121 Å². The molecular weight excluding hydrogens is 467 g/mol. The van der Waals surface area contributed by atoms with Gasteiger partial charge in [0, 0.05) is 31.9 Å². The van der Waals surface area contributed by atoms with Gasteiger partial charge < -0.3 is 19.9 Å². The van der Waals surface area contributed by atoms with E-state index in [-0.39, 0.29) is 34.9 Å². The van der Waals surface area contributed by atoms with Crippen LogP contribution in [0.2, 0.25) is 0 Å². The van der Waals surface area contributed by atoms with E-state index in [0.29, 0.717) is 30.9 Å². The minimum atomic E-state index is -0.543. The molecule has 1 aliphatic rings. The highest BCUT2D eigenvalue weighted by Gasteiger charge is 2.39. The molecule has 2 N–H and O–H groups in total. The molecule has 1 unspecified atom stereocenters. The van der Waals surface area contributed by atoms with Crippen LogP contribution in [0.5, 0.6) is 11.6 Å². The first-order valence-electron chi connectivity index (χ1n) is 11.4. The molecule has 0 bridgehead atoms. The number of nitrogens with zero attached hydrogens (tertiary/aromatic N) is 4. The summed E-state index contributed by atoms with van der Waals surface area (Å²) in [5, 5.41) is 2.76. The largest absolute Gasteiger partial charge is 0.438 e. The Hall–Kier alpha value is -4.12. The number of pyridine rings is 1. The molecule has 0 saturated carbocycles. The molecule has 0 aliphatic carbocycles. The van der Waals surface area contributed by atoms with Gasteiger partial charge in [0.25, 0.3) is 5.91 Å². The maximum Gasteiger partial charge on any atom is 0.255 e. The number of H-pyrrole nitrogens is 1. The number of hydrogen-bond acceptors (Lipinski definition) is 7. The first kappa shape index (κ1) is 25.0. The van der Waals surface area contributed by atoms with Crippen molar-refractivity contribution in [1.82, 2.24) is 24.8 Å². The number of aromatic nitrogens is 3. The summed E-state index contributed by atoms with van der Waals surface area (Å²) < 4.78 is 18.5. The van der Waals surface area contributed by atoms with Crippen LogP contribution in [0.1, 0.15) is 31.1 Å². The Balaban J connectivity index is 1.34. The predicted octanol–water partition coefficient (Wildman–Crippen LogP) is 2.66. The smallest absolute Gasteiger partial charge is 0.255 e. The predicted molar refractivity (Wildman–Crippen MR) is 130 cm³/mol. The third-order valence-electron chi connectivity index (χ3n) is 6.05. The van der Waals surface area contributed by atoms with E-state index in [1.54, 1.807) is 11.8 Å². The molecule has 1 fully saturated rings. The molecule has 36 heavy (non-hydrogen) atoms. The molecule has 11 heteroatoms. The van der Waals surface area contributed by atoms with Crippen molar-refractivity contribution in [3.8, 4) is 11.6 Å². The molecule has 0 radical (unpaired) electrons. The van der Waals surface area contributed by atoms with Crippen molar-refractivity contribution >= 4 is 17.6 Å². The van der Waals surface area contributed by atoms with Crippen LogP contribution >= 0.6 is 0 Å². The van der Waals surface area contributed by atoms with Crippen LogP contribution in [0.3, 0.4) is 0 Å². The van der Waals surface area contributed by atoms with Gasteiger partial charge in [0.2, 0.25) is 17.3 Å². The lowest BCUT2D eigenvalue weighted by atomic mass is 9.96. The van der Waals surface area contributed by atoms with Gasteiger partial charge in [-0.1, -0.05) is 0 Å². The van der Waals surface area contributed by atoms with Gasteiger partial charge in [-0.05, 0) is 51.1 Å². The van der Waals surface area contributed by atoms with Crippen molar-refractivity contribution in [2.75, 3.05) is 25.0 Å². The highest BCUT2D eigenvalue weighted by atomic mass is 19.1. The van der Waals surface area contributed by atoms with Gasteiger partial charge in [0.15, 0.2) is 5.82 Å². The summed E-state index contributed by atoms with van der Waals surface area (Å²) in [6.07, 6.45) is 4.17. The lowest BCUT2D eigenvalue weighted by Gasteiger charge is -2.48. The van der Waals surface area contributed by atoms with Gasteiger partial charge >= 0.3 is 0 Å². The van der Waals surface area contributed by atoms with Crippen LogP contribution in [0, 0.1) is 5.82 Å². The number of rotatable bonds is 6. The number of piperazine rings is 1. The van der Waals surface area contributed by atoms with Crippen molar-refractivity contribution in [2.24, 2.45) is 0 Å². The van der Waals surface area contributed by atoms with Crippen molar-refractivity contribution < 1.29 is 18.7 Å². The second kappa shape index (κ2) is 10.2. The van der Waals surface area contributed by atoms with E-state index < -0.39 is 11.6 Å². The van der Waals surface area contributed by atoms with Crippen LogP contribution in [-0.4, -0.2) is 67.8 Å². The normalized spacial score (nSPS) is 16.3. The van der Waals surface area contributed by atoms with Gasteiger partial charge in [-0.15, -0.1) is 0 Å². The Morgan fingerprint density at radius 3 is 2.47 bits per heavy atom. The fourth-order valence-electron chi connectivity index (χ4n) is 4.05. The monoisotopic (exact) mass is 494 g/mol. The number of anilines is 1. The van der Waals surface area contributed by atoms with E-state index in [4.69, 9.17) is 4.74 Å². The fraction of sp³-hybridized carbons (Fsp3) is 0.320. The summed E-state index contributed by atoms with van der Waals surface area (Å²) in [6.45, 7) is 7.09. The Kier molecular flexibility index (Phi) is 7.11. The van der Waals surface area contributed by atoms with Crippen molar-refractivity contribution in [2.45, 2.75) is 32.4 Å². The number of halogens is 1. The minimum absolute atomic E-state index is 0.175. The second-order valence-electron chi connectivity index (χ2n) is 9.14. The number of hydrogen-bond donors (Lipinski definition) is 2. The average molecular weight is 495 g/mol. The van der Waals surface area contributed by atoms with E-state index in [1.807, 2.05) is 18.7 Å². The molecule has 188 valence electrons. The molecule has 2 aromatic heterocycles. The molecule has 1 atom stereocenters. The quantitative estimate of drug-likeness (QED) is 0.541. The maximum absolute atomic E-state index is 13.0. The van der Waals surface area contributed by atoms with Gasteiger partial charge in [-0.25, -0.2) is 14.4 Å². The van der Waals surface area contributed by atoms with Crippen molar-refractivity contribution in [3.05, 3.63) is 76.7 Å². The third-order valence-corrected chi connectivity index (χ3v) is 6.05. The average Bonchev–Trinajstić information content (AvgIpc) is 2.85.